The minimum Gasteiger partial charge on any atom is -0.493 e. The van der Waals surface area contributed by atoms with Crippen molar-refractivity contribution in [3.63, 3.8) is 0 Å². The van der Waals surface area contributed by atoms with Gasteiger partial charge in [-0.3, -0.25) is 4.79 Å². The summed E-state index contributed by atoms with van der Waals surface area (Å²) in [6.07, 6.45) is 0.866. The van der Waals surface area contributed by atoms with Gasteiger partial charge in [0.25, 0.3) is 0 Å². The third kappa shape index (κ3) is 3.88. The predicted molar refractivity (Wildman–Crippen MR) is 70.9 cm³/mol. The molecule has 0 aliphatic carbocycles. The molecule has 0 fully saturated rings. The molecular formula is C15H22O2. The van der Waals surface area contributed by atoms with Crippen LogP contribution in [0.2, 0.25) is 0 Å². The van der Waals surface area contributed by atoms with E-state index < -0.39 is 0 Å². The Hall–Kier alpha value is -1.31. The molecule has 0 bridgehead atoms. The lowest BCUT2D eigenvalue weighted by atomic mass is 9.86. The van der Waals surface area contributed by atoms with Gasteiger partial charge in [-0.1, -0.05) is 40.7 Å². The van der Waals surface area contributed by atoms with Crippen LogP contribution in [-0.4, -0.2) is 12.9 Å². The van der Waals surface area contributed by atoms with Crippen LogP contribution in [0.15, 0.2) is 18.2 Å². The number of hydrogen-bond donors (Lipinski definition) is 0. The van der Waals surface area contributed by atoms with Gasteiger partial charge in [0.05, 0.1) is 12.2 Å². The number of benzene rings is 1. The van der Waals surface area contributed by atoms with Crippen molar-refractivity contribution in [1.29, 1.82) is 0 Å². The molecular weight excluding hydrogens is 212 g/mol. The zero-order valence-electron chi connectivity index (χ0n) is 11.4. The van der Waals surface area contributed by atoms with Crippen LogP contribution < -0.4 is 4.74 Å². The molecule has 0 N–H and O–H groups in total. The third-order valence-electron chi connectivity index (χ3n) is 2.57. The van der Waals surface area contributed by atoms with Gasteiger partial charge in [-0.2, -0.15) is 0 Å². The van der Waals surface area contributed by atoms with E-state index in [2.05, 4.69) is 34.6 Å². The zero-order chi connectivity index (χ0) is 13.1. The summed E-state index contributed by atoms with van der Waals surface area (Å²) in [5.41, 5.74) is 1.84. The maximum atomic E-state index is 11.1. The van der Waals surface area contributed by atoms with E-state index in [1.54, 1.807) is 0 Å². The quantitative estimate of drug-likeness (QED) is 0.740. The first-order valence-corrected chi connectivity index (χ1v) is 6.07. The highest BCUT2D eigenvalue weighted by Crippen LogP contribution is 2.27. The van der Waals surface area contributed by atoms with E-state index in [4.69, 9.17) is 4.74 Å². The molecule has 0 heterocycles. The van der Waals surface area contributed by atoms with Crippen LogP contribution in [0.1, 0.15) is 50.5 Å². The Bertz CT molecular complexity index is 386. The summed E-state index contributed by atoms with van der Waals surface area (Å²) < 4.78 is 5.63. The molecule has 0 saturated heterocycles. The maximum absolute atomic E-state index is 11.1. The number of aldehydes is 1. The summed E-state index contributed by atoms with van der Waals surface area (Å²) in [5.74, 6) is 1.14. The van der Waals surface area contributed by atoms with Crippen molar-refractivity contribution >= 4 is 6.29 Å². The van der Waals surface area contributed by atoms with Crippen LogP contribution in [0, 0.1) is 5.92 Å². The highest BCUT2D eigenvalue weighted by molar-refractivity contribution is 5.79. The van der Waals surface area contributed by atoms with E-state index >= 15 is 0 Å². The molecule has 17 heavy (non-hydrogen) atoms. The molecule has 0 atom stereocenters. The Labute approximate surface area is 104 Å². The molecule has 0 unspecified atom stereocenters. The minimum absolute atomic E-state index is 0.0499. The second kappa shape index (κ2) is 5.35. The molecule has 0 amide bonds. The highest BCUT2D eigenvalue weighted by Gasteiger charge is 2.15. The fourth-order valence-corrected chi connectivity index (χ4v) is 1.49. The van der Waals surface area contributed by atoms with E-state index in [1.165, 1.54) is 0 Å². The molecule has 0 spiro atoms. The van der Waals surface area contributed by atoms with Gasteiger partial charge in [-0.25, -0.2) is 0 Å². The molecule has 1 rings (SSSR count). The molecule has 0 aliphatic heterocycles. The van der Waals surface area contributed by atoms with Gasteiger partial charge in [0, 0.05) is 0 Å². The van der Waals surface area contributed by atoms with Crippen molar-refractivity contribution in [3.8, 4) is 5.75 Å². The molecule has 2 nitrogen and oxygen atoms in total. The normalized spacial score (nSPS) is 11.6. The van der Waals surface area contributed by atoms with Crippen LogP contribution >= 0.6 is 0 Å². The Morgan fingerprint density at radius 1 is 1.29 bits per heavy atom. The number of carbonyl (C=O) groups is 1. The van der Waals surface area contributed by atoms with Gasteiger partial charge in [0.15, 0.2) is 6.29 Å². The molecule has 0 aliphatic rings. The summed E-state index contributed by atoms with van der Waals surface area (Å²) in [6, 6.07) is 5.85. The van der Waals surface area contributed by atoms with Crippen LogP contribution in [0.25, 0.3) is 0 Å². The SMILES string of the molecule is CC(C)COc1ccc(C(C)(C)C)cc1C=O. The number of ether oxygens (including phenoxy) is 1. The topological polar surface area (TPSA) is 26.3 Å². The first-order chi connectivity index (χ1) is 7.84. The molecule has 0 radical (unpaired) electrons. The smallest absolute Gasteiger partial charge is 0.153 e. The van der Waals surface area contributed by atoms with Crippen LogP contribution in [0.4, 0.5) is 0 Å². The summed E-state index contributed by atoms with van der Waals surface area (Å²) in [7, 11) is 0. The summed E-state index contributed by atoms with van der Waals surface area (Å²) in [6.45, 7) is 11.2. The highest BCUT2D eigenvalue weighted by atomic mass is 16.5. The fraction of sp³-hybridized carbons (Fsp3) is 0.533. The van der Waals surface area contributed by atoms with Crippen molar-refractivity contribution in [2.75, 3.05) is 6.61 Å². The van der Waals surface area contributed by atoms with Crippen molar-refractivity contribution in [1.82, 2.24) is 0 Å². The Morgan fingerprint density at radius 3 is 2.41 bits per heavy atom. The molecule has 1 aromatic rings. The molecule has 2 heteroatoms. The van der Waals surface area contributed by atoms with Crippen LogP contribution in [-0.2, 0) is 5.41 Å². The van der Waals surface area contributed by atoms with Crippen molar-refractivity contribution in [2.45, 2.75) is 40.0 Å². The Morgan fingerprint density at radius 2 is 1.94 bits per heavy atom. The van der Waals surface area contributed by atoms with Crippen molar-refractivity contribution < 1.29 is 9.53 Å². The third-order valence-corrected chi connectivity index (χ3v) is 2.57. The largest absolute Gasteiger partial charge is 0.493 e. The Kier molecular flexibility index (Phi) is 4.33. The lowest BCUT2D eigenvalue weighted by molar-refractivity contribution is 0.111. The van der Waals surface area contributed by atoms with E-state index in [-0.39, 0.29) is 5.41 Å². The molecule has 0 saturated carbocycles. The monoisotopic (exact) mass is 234 g/mol. The van der Waals surface area contributed by atoms with Crippen molar-refractivity contribution in [2.24, 2.45) is 5.92 Å². The zero-order valence-corrected chi connectivity index (χ0v) is 11.4. The molecule has 94 valence electrons. The number of carbonyl (C=O) groups excluding carboxylic acids is 1. The van der Waals surface area contributed by atoms with Gasteiger partial charge in [-0.15, -0.1) is 0 Å². The van der Waals surface area contributed by atoms with E-state index in [0.717, 1.165) is 11.8 Å². The van der Waals surface area contributed by atoms with E-state index in [1.807, 2.05) is 18.2 Å². The Balaban J connectivity index is 2.98. The molecule has 1 aromatic carbocycles. The second-order valence-electron chi connectivity index (χ2n) is 5.83. The maximum Gasteiger partial charge on any atom is 0.153 e. The van der Waals surface area contributed by atoms with Crippen LogP contribution in [0.5, 0.6) is 5.75 Å². The molecule has 0 aromatic heterocycles. The van der Waals surface area contributed by atoms with Gasteiger partial charge < -0.3 is 4.74 Å². The number of hydrogen-bond acceptors (Lipinski definition) is 2. The lowest BCUT2D eigenvalue weighted by Crippen LogP contribution is -2.12. The van der Waals surface area contributed by atoms with E-state index in [0.29, 0.717) is 23.8 Å². The minimum atomic E-state index is 0.0499. The average molecular weight is 234 g/mol. The first-order valence-electron chi connectivity index (χ1n) is 6.07. The predicted octanol–water partition coefficient (Wildman–Crippen LogP) is 3.83. The van der Waals surface area contributed by atoms with Crippen LogP contribution in [0.3, 0.4) is 0 Å². The summed E-state index contributed by atoms with van der Waals surface area (Å²) >= 11 is 0. The van der Waals surface area contributed by atoms with Crippen molar-refractivity contribution in [3.05, 3.63) is 29.3 Å². The van der Waals surface area contributed by atoms with Gasteiger partial charge in [-0.05, 0) is 29.0 Å². The first kappa shape index (κ1) is 13.8. The fourth-order valence-electron chi connectivity index (χ4n) is 1.49. The second-order valence-corrected chi connectivity index (χ2v) is 5.83. The van der Waals surface area contributed by atoms with E-state index in [9.17, 15) is 4.79 Å². The summed E-state index contributed by atoms with van der Waals surface area (Å²) in [5, 5.41) is 0. The summed E-state index contributed by atoms with van der Waals surface area (Å²) in [4.78, 5) is 11.1. The average Bonchev–Trinajstić information content (AvgIpc) is 2.24. The lowest BCUT2D eigenvalue weighted by Gasteiger charge is -2.20. The van der Waals surface area contributed by atoms with Gasteiger partial charge in [0.1, 0.15) is 5.75 Å². The number of rotatable bonds is 4. The van der Waals surface area contributed by atoms with Gasteiger partial charge >= 0.3 is 0 Å². The standard InChI is InChI=1S/C15H22O2/c1-11(2)10-17-14-7-6-13(15(3,4)5)8-12(14)9-16/h6-9,11H,10H2,1-5H3. The van der Waals surface area contributed by atoms with Gasteiger partial charge in [0.2, 0.25) is 0 Å².